The Kier molecular flexibility index (Phi) is 4.62. The van der Waals surface area contributed by atoms with Crippen LogP contribution in [-0.2, 0) is 11.3 Å². The number of rotatable bonds is 5. The van der Waals surface area contributed by atoms with Gasteiger partial charge in [0.1, 0.15) is 5.76 Å². The molecule has 0 aromatic carbocycles. The number of carboxylic acid groups (broad SMARTS) is 1. The molecule has 6 nitrogen and oxygen atoms in total. The van der Waals surface area contributed by atoms with Crippen LogP contribution in [-0.4, -0.2) is 39.4 Å². The van der Waals surface area contributed by atoms with Gasteiger partial charge in [-0.2, -0.15) is 0 Å². The number of ether oxygens (including phenoxy) is 1. The van der Waals surface area contributed by atoms with Crippen molar-refractivity contribution in [2.45, 2.75) is 107 Å². The van der Waals surface area contributed by atoms with E-state index in [0.29, 0.717) is 18.4 Å². The fourth-order valence-electron chi connectivity index (χ4n) is 5.62. The van der Waals surface area contributed by atoms with E-state index in [-0.39, 0.29) is 18.2 Å². The van der Waals surface area contributed by atoms with Crippen LogP contribution in [0.15, 0.2) is 4.52 Å². The van der Waals surface area contributed by atoms with Crippen molar-refractivity contribution in [3.63, 3.8) is 0 Å². The second kappa shape index (κ2) is 7.12. The molecular formula is C21H30N2O4. The van der Waals surface area contributed by atoms with Crippen LogP contribution in [0.1, 0.15) is 99.5 Å². The summed E-state index contributed by atoms with van der Waals surface area (Å²) in [5.74, 6) is 2.14. The number of carbonyl (C=O) groups is 1. The van der Waals surface area contributed by atoms with Crippen LogP contribution in [0.5, 0.6) is 0 Å². The Labute approximate surface area is 160 Å². The molecule has 2 aliphatic heterocycles. The van der Waals surface area contributed by atoms with E-state index in [9.17, 15) is 9.90 Å². The van der Waals surface area contributed by atoms with Crippen LogP contribution in [0.3, 0.4) is 0 Å². The summed E-state index contributed by atoms with van der Waals surface area (Å²) in [6.07, 6.45) is 11.7. The number of piperidine rings is 1. The van der Waals surface area contributed by atoms with Gasteiger partial charge < -0.3 is 19.3 Å². The summed E-state index contributed by atoms with van der Waals surface area (Å²) in [6, 6.07) is 0.267. The normalized spacial score (nSPS) is 31.4. The van der Waals surface area contributed by atoms with Crippen LogP contribution in [0.4, 0.5) is 4.79 Å². The first-order valence-corrected chi connectivity index (χ1v) is 10.8. The Morgan fingerprint density at radius 1 is 1.04 bits per heavy atom. The lowest BCUT2D eigenvalue weighted by molar-refractivity contribution is -0.0231. The number of hydrogen-bond acceptors (Lipinski definition) is 4. The van der Waals surface area contributed by atoms with Gasteiger partial charge in [0, 0.05) is 29.5 Å². The highest BCUT2D eigenvalue weighted by molar-refractivity contribution is 5.66. The molecule has 2 aliphatic carbocycles. The molecule has 5 rings (SSSR count). The van der Waals surface area contributed by atoms with E-state index in [2.05, 4.69) is 5.16 Å². The molecule has 0 radical (unpaired) electrons. The third kappa shape index (κ3) is 3.37. The fraction of sp³-hybridized carbons (Fsp3) is 0.810. The number of amides is 1. The van der Waals surface area contributed by atoms with E-state index in [0.717, 1.165) is 37.1 Å². The van der Waals surface area contributed by atoms with Gasteiger partial charge in [-0.1, -0.05) is 24.4 Å². The van der Waals surface area contributed by atoms with Crippen LogP contribution in [0, 0.1) is 0 Å². The zero-order chi connectivity index (χ0) is 18.4. The first-order valence-electron chi connectivity index (χ1n) is 10.8. The molecule has 2 bridgehead atoms. The van der Waals surface area contributed by atoms with Gasteiger partial charge in [0.2, 0.25) is 0 Å². The van der Waals surface area contributed by atoms with Crippen molar-refractivity contribution in [1.29, 1.82) is 0 Å². The van der Waals surface area contributed by atoms with Gasteiger partial charge in [0.15, 0.2) is 0 Å². The molecule has 3 heterocycles. The quantitative estimate of drug-likeness (QED) is 0.802. The van der Waals surface area contributed by atoms with Crippen molar-refractivity contribution in [3.05, 3.63) is 17.0 Å². The average Bonchev–Trinajstić information content (AvgIpc) is 3.37. The van der Waals surface area contributed by atoms with E-state index >= 15 is 0 Å². The van der Waals surface area contributed by atoms with Gasteiger partial charge in [-0.3, -0.25) is 0 Å². The minimum atomic E-state index is -0.768. The minimum Gasteiger partial charge on any atom is -0.465 e. The van der Waals surface area contributed by atoms with Gasteiger partial charge in [0.05, 0.1) is 18.4 Å². The van der Waals surface area contributed by atoms with Crippen molar-refractivity contribution in [2.75, 3.05) is 0 Å². The lowest BCUT2D eigenvalue weighted by atomic mass is 9.85. The maximum atomic E-state index is 11.5. The largest absolute Gasteiger partial charge is 0.465 e. The lowest BCUT2D eigenvalue weighted by Crippen LogP contribution is -2.47. The number of nitrogens with zero attached hydrogens (tertiary/aromatic N) is 2. The molecule has 4 aliphatic rings. The Morgan fingerprint density at radius 3 is 2.37 bits per heavy atom. The fourth-order valence-corrected chi connectivity index (χ4v) is 5.62. The highest BCUT2D eigenvalue weighted by atomic mass is 16.5. The molecule has 2 saturated heterocycles. The van der Waals surface area contributed by atoms with E-state index < -0.39 is 6.09 Å². The molecule has 1 aromatic heterocycles. The van der Waals surface area contributed by atoms with Crippen molar-refractivity contribution in [2.24, 2.45) is 0 Å². The first kappa shape index (κ1) is 17.5. The third-order valence-electron chi connectivity index (χ3n) is 7.16. The smallest absolute Gasteiger partial charge is 0.407 e. The van der Waals surface area contributed by atoms with E-state index in [1.165, 1.54) is 50.5 Å². The molecule has 148 valence electrons. The maximum Gasteiger partial charge on any atom is 0.407 e. The Morgan fingerprint density at radius 2 is 1.74 bits per heavy atom. The summed E-state index contributed by atoms with van der Waals surface area (Å²) in [4.78, 5) is 13.1. The van der Waals surface area contributed by atoms with Gasteiger partial charge in [-0.25, -0.2) is 4.79 Å². The number of fused-ring (bicyclic) bond motifs is 2. The average molecular weight is 374 g/mol. The van der Waals surface area contributed by atoms with Crippen molar-refractivity contribution >= 4 is 6.09 Å². The number of hydrogen-bond donors (Lipinski definition) is 1. The lowest BCUT2D eigenvalue weighted by Gasteiger charge is -2.37. The van der Waals surface area contributed by atoms with Gasteiger partial charge in [0.25, 0.3) is 0 Å². The standard InChI is InChI=1S/C21H30N2O4/c24-21(25)23-15-8-9-16(23)11-17(10-15)26-12-18-19(13-4-2-1-3-5-13)22-27-20(18)14-6-7-14/h13-17H,1-12H2,(H,24,25). The minimum absolute atomic E-state index is 0.134. The molecule has 2 saturated carbocycles. The predicted octanol–water partition coefficient (Wildman–Crippen LogP) is 4.79. The molecule has 1 aromatic rings. The Bertz CT molecular complexity index is 678. The summed E-state index contributed by atoms with van der Waals surface area (Å²) in [6.45, 7) is 0.582. The van der Waals surface area contributed by atoms with Crippen molar-refractivity contribution < 1.29 is 19.2 Å². The summed E-state index contributed by atoms with van der Waals surface area (Å²) in [5.41, 5.74) is 2.37. The maximum absolute atomic E-state index is 11.5. The third-order valence-corrected chi connectivity index (χ3v) is 7.16. The molecular weight excluding hydrogens is 344 g/mol. The van der Waals surface area contributed by atoms with Crippen LogP contribution in [0.25, 0.3) is 0 Å². The molecule has 27 heavy (non-hydrogen) atoms. The predicted molar refractivity (Wildman–Crippen MR) is 98.8 cm³/mol. The van der Waals surface area contributed by atoms with Gasteiger partial charge in [-0.15, -0.1) is 0 Å². The highest BCUT2D eigenvalue weighted by Gasteiger charge is 2.44. The van der Waals surface area contributed by atoms with Crippen molar-refractivity contribution in [1.82, 2.24) is 10.1 Å². The summed E-state index contributed by atoms with van der Waals surface area (Å²) < 4.78 is 12.2. The van der Waals surface area contributed by atoms with Crippen molar-refractivity contribution in [3.8, 4) is 0 Å². The first-order chi connectivity index (χ1) is 13.2. The van der Waals surface area contributed by atoms with Crippen LogP contribution >= 0.6 is 0 Å². The molecule has 6 heteroatoms. The highest BCUT2D eigenvalue weighted by Crippen LogP contribution is 2.45. The number of aromatic nitrogens is 1. The zero-order valence-corrected chi connectivity index (χ0v) is 15.9. The molecule has 0 spiro atoms. The molecule has 4 fully saturated rings. The van der Waals surface area contributed by atoms with Gasteiger partial charge in [-0.05, 0) is 51.4 Å². The molecule has 1 N–H and O–H groups in total. The monoisotopic (exact) mass is 374 g/mol. The van der Waals surface area contributed by atoms with E-state index in [1.807, 2.05) is 0 Å². The second-order valence-electron chi connectivity index (χ2n) is 9.00. The second-order valence-corrected chi connectivity index (χ2v) is 9.00. The summed E-state index contributed by atoms with van der Waals surface area (Å²) >= 11 is 0. The topological polar surface area (TPSA) is 75.8 Å². The zero-order valence-electron chi connectivity index (χ0n) is 15.9. The van der Waals surface area contributed by atoms with Gasteiger partial charge >= 0.3 is 6.09 Å². The summed E-state index contributed by atoms with van der Waals surface area (Å²) in [7, 11) is 0. The van der Waals surface area contributed by atoms with E-state index in [1.54, 1.807) is 4.90 Å². The summed E-state index contributed by atoms with van der Waals surface area (Å²) in [5, 5.41) is 13.9. The molecule has 2 atom stereocenters. The van der Waals surface area contributed by atoms with Crippen LogP contribution < -0.4 is 0 Å². The van der Waals surface area contributed by atoms with E-state index in [4.69, 9.17) is 9.26 Å². The SMILES string of the molecule is O=C(O)N1C2CCC1CC(OCc1c(C3CCCCC3)noc1C1CC1)C2. The Balaban J connectivity index is 1.28. The van der Waals surface area contributed by atoms with Crippen LogP contribution in [0.2, 0.25) is 0 Å². The Hall–Kier alpha value is -1.56. The molecule has 2 unspecified atom stereocenters. The molecule has 1 amide bonds.